The Morgan fingerprint density at radius 1 is 1.27 bits per heavy atom. The summed E-state index contributed by atoms with van der Waals surface area (Å²) < 4.78 is 10.3. The van der Waals surface area contributed by atoms with Gasteiger partial charge in [-0.05, 0) is 30.7 Å². The van der Waals surface area contributed by atoms with Crippen molar-refractivity contribution in [3.05, 3.63) is 29.3 Å². The summed E-state index contributed by atoms with van der Waals surface area (Å²) in [5, 5.41) is 0. The van der Waals surface area contributed by atoms with Crippen LogP contribution in [0.1, 0.15) is 12.5 Å². The molecular weight excluding hydrogens is 192 g/mol. The molecule has 3 heteroatoms. The van der Waals surface area contributed by atoms with Crippen molar-refractivity contribution in [1.29, 1.82) is 0 Å². The van der Waals surface area contributed by atoms with Crippen molar-refractivity contribution in [2.75, 3.05) is 14.2 Å². The zero-order valence-electron chi connectivity index (χ0n) is 9.11. The van der Waals surface area contributed by atoms with Gasteiger partial charge in [-0.15, -0.1) is 0 Å². The van der Waals surface area contributed by atoms with Crippen LogP contribution in [0.4, 0.5) is 0 Å². The number of hydrogen-bond donors (Lipinski definition) is 0. The van der Waals surface area contributed by atoms with Gasteiger partial charge in [0.15, 0.2) is 0 Å². The van der Waals surface area contributed by atoms with Crippen LogP contribution in [0.5, 0.6) is 11.5 Å². The summed E-state index contributed by atoms with van der Waals surface area (Å²) in [4.78, 5) is 10.5. The molecule has 80 valence electrons. The van der Waals surface area contributed by atoms with E-state index in [9.17, 15) is 4.79 Å². The zero-order valence-corrected chi connectivity index (χ0v) is 9.11. The maximum Gasteiger partial charge on any atom is 0.145 e. The van der Waals surface area contributed by atoms with Crippen molar-refractivity contribution in [3.8, 4) is 11.5 Å². The van der Waals surface area contributed by atoms with Crippen molar-refractivity contribution in [1.82, 2.24) is 0 Å². The molecule has 0 atom stereocenters. The third-order valence-corrected chi connectivity index (χ3v) is 2.01. The fourth-order valence-corrected chi connectivity index (χ4v) is 1.22. The minimum Gasteiger partial charge on any atom is -0.497 e. The molecule has 0 spiro atoms. The van der Waals surface area contributed by atoms with Crippen LogP contribution in [-0.2, 0) is 4.79 Å². The summed E-state index contributed by atoms with van der Waals surface area (Å²) in [5.41, 5.74) is 1.52. The lowest BCUT2D eigenvalue weighted by molar-refractivity contribution is -0.104. The molecule has 0 N–H and O–H groups in total. The monoisotopic (exact) mass is 206 g/mol. The van der Waals surface area contributed by atoms with Gasteiger partial charge in [0, 0.05) is 11.6 Å². The van der Waals surface area contributed by atoms with Crippen molar-refractivity contribution < 1.29 is 14.3 Å². The minimum absolute atomic E-state index is 0.651. The van der Waals surface area contributed by atoms with E-state index in [1.807, 2.05) is 12.1 Å². The zero-order chi connectivity index (χ0) is 11.3. The summed E-state index contributed by atoms with van der Waals surface area (Å²) in [6, 6.07) is 5.46. The second-order valence-corrected chi connectivity index (χ2v) is 3.11. The summed E-state index contributed by atoms with van der Waals surface area (Å²) in [5.74, 6) is 1.42. The molecule has 0 bridgehead atoms. The van der Waals surface area contributed by atoms with E-state index >= 15 is 0 Å². The summed E-state index contributed by atoms with van der Waals surface area (Å²) in [7, 11) is 3.18. The molecule has 0 aliphatic heterocycles. The molecule has 0 unspecified atom stereocenters. The number of carbonyl (C=O) groups is 1. The Kier molecular flexibility index (Phi) is 3.92. The predicted molar refractivity (Wildman–Crippen MR) is 59.3 cm³/mol. The molecule has 0 aliphatic rings. The van der Waals surface area contributed by atoms with E-state index in [2.05, 4.69) is 0 Å². The fraction of sp³-hybridized carbons (Fsp3) is 0.250. The Morgan fingerprint density at radius 3 is 2.53 bits per heavy atom. The Hall–Kier alpha value is -1.77. The van der Waals surface area contributed by atoms with Gasteiger partial charge < -0.3 is 9.47 Å². The molecule has 0 saturated carbocycles. The first-order valence-corrected chi connectivity index (χ1v) is 4.56. The highest BCUT2D eigenvalue weighted by Crippen LogP contribution is 2.26. The van der Waals surface area contributed by atoms with Crippen molar-refractivity contribution in [2.24, 2.45) is 0 Å². The molecule has 0 aliphatic carbocycles. The molecule has 1 rings (SSSR count). The smallest absolute Gasteiger partial charge is 0.145 e. The number of rotatable bonds is 4. The summed E-state index contributed by atoms with van der Waals surface area (Å²) in [6.45, 7) is 1.75. The quantitative estimate of drug-likeness (QED) is 0.560. The standard InChI is InChI=1S/C12H14O3/c1-9(8-13)6-10-4-5-11(14-2)7-12(10)15-3/h4-8H,1-3H3. The van der Waals surface area contributed by atoms with Gasteiger partial charge in [0.05, 0.1) is 14.2 Å². The molecular formula is C12H14O3. The topological polar surface area (TPSA) is 35.5 Å². The molecule has 0 radical (unpaired) electrons. The van der Waals surface area contributed by atoms with Crippen molar-refractivity contribution in [3.63, 3.8) is 0 Å². The molecule has 0 fully saturated rings. The van der Waals surface area contributed by atoms with Crippen LogP contribution in [-0.4, -0.2) is 20.5 Å². The number of allylic oxidation sites excluding steroid dienone is 1. The second kappa shape index (κ2) is 5.20. The number of methoxy groups -OCH3 is 2. The van der Waals surface area contributed by atoms with Gasteiger partial charge in [0.1, 0.15) is 17.8 Å². The molecule has 3 nitrogen and oxygen atoms in total. The first-order valence-electron chi connectivity index (χ1n) is 4.56. The molecule has 0 amide bonds. The van der Waals surface area contributed by atoms with Crippen LogP contribution >= 0.6 is 0 Å². The van der Waals surface area contributed by atoms with Crippen molar-refractivity contribution >= 4 is 12.4 Å². The normalized spacial score (nSPS) is 11.0. The van der Waals surface area contributed by atoms with Gasteiger partial charge in [-0.25, -0.2) is 0 Å². The Balaban J connectivity index is 3.13. The summed E-state index contributed by atoms with van der Waals surface area (Å²) in [6.07, 6.45) is 2.58. The maximum atomic E-state index is 10.5. The number of benzene rings is 1. The molecule has 1 aromatic carbocycles. The van der Waals surface area contributed by atoms with Crippen LogP contribution in [0.15, 0.2) is 23.8 Å². The third-order valence-electron chi connectivity index (χ3n) is 2.01. The van der Waals surface area contributed by atoms with E-state index in [4.69, 9.17) is 9.47 Å². The lowest BCUT2D eigenvalue weighted by Gasteiger charge is -2.07. The van der Waals surface area contributed by atoms with Crippen molar-refractivity contribution in [2.45, 2.75) is 6.92 Å². The van der Waals surface area contributed by atoms with Crippen LogP contribution in [0.25, 0.3) is 6.08 Å². The van der Waals surface area contributed by atoms with Gasteiger partial charge in [-0.3, -0.25) is 4.79 Å². The Morgan fingerprint density at radius 2 is 2.00 bits per heavy atom. The highest BCUT2D eigenvalue weighted by molar-refractivity contribution is 5.81. The van der Waals surface area contributed by atoms with E-state index in [-0.39, 0.29) is 0 Å². The molecule has 15 heavy (non-hydrogen) atoms. The SMILES string of the molecule is COc1ccc(C=C(C)C=O)c(OC)c1. The molecule has 0 aromatic heterocycles. The number of ether oxygens (including phenoxy) is 2. The van der Waals surface area contributed by atoms with Gasteiger partial charge in [-0.1, -0.05) is 0 Å². The first kappa shape index (κ1) is 11.3. The van der Waals surface area contributed by atoms with E-state index in [1.165, 1.54) is 0 Å². The van der Waals surface area contributed by atoms with Crippen LogP contribution in [0, 0.1) is 0 Å². The second-order valence-electron chi connectivity index (χ2n) is 3.11. The average Bonchev–Trinajstić information content (AvgIpc) is 2.29. The predicted octanol–water partition coefficient (Wildman–Crippen LogP) is 2.31. The van der Waals surface area contributed by atoms with E-state index in [0.717, 1.165) is 17.6 Å². The van der Waals surface area contributed by atoms with Gasteiger partial charge in [0.25, 0.3) is 0 Å². The lowest BCUT2D eigenvalue weighted by atomic mass is 10.1. The highest BCUT2D eigenvalue weighted by atomic mass is 16.5. The highest BCUT2D eigenvalue weighted by Gasteiger charge is 2.02. The number of carbonyl (C=O) groups excluding carboxylic acids is 1. The average molecular weight is 206 g/mol. The molecule has 1 aromatic rings. The molecule has 0 heterocycles. The Bertz CT molecular complexity index is 380. The van der Waals surface area contributed by atoms with Gasteiger partial charge in [0.2, 0.25) is 0 Å². The molecule has 0 saturated heterocycles. The number of hydrogen-bond acceptors (Lipinski definition) is 3. The minimum atomic E-state index is 0.651. The maximum absolute atomic E-state index is 10.5. The van der Waals surface area contributed by atoms with Crippen LogP contribution in [0.2, 0.25) is 0 Å². The first-order chi connectivity index (χ1) is 7.21. The lowest BCUT2D eigenvalue weighted by Crippen LogP contribution is -1.90. The number of aldehydes is 1. The van der Waals surface area contributed by atoms with Crippen LogP contribution < -0.4 is 9.47 Å². The Labute approximate surface area is 89.3 Å². The fourth-order valence-electron chi connectivity index (χ4n) is 1.22. The van der Waals surface area contributed by atoms with Crippen LogP contribution in [0.3, 0.4) is 0 Å². The largest absolute Gasteiger partial charge is 0.497 e. The van der Waals surface area contributed by atoms with Gasteiger partial charge in [-0.2, -0.15) is 0 Å². The van der Waals surface area contributed by atoms with E-state index in [0.29, 0.717) is 11.3 Å². The van der Waals surface area contributed by atoms with Gasteiger partial charge >= 0.3 is 0 Å². The van der Waals surface area contributed by atoms with E-state index < -0.39 is 0 Å². The summed E-state index contributed by atoms with van der Waals surface area (Å²) >= 11 is 0. The van der Waals surface area contributed by atoms with E-state index in [1.54, 1.807) is 33.3 Å². The third kappa shape index (κ3) is 2.84.